The van der Waals surface area contributed by atoms with Crippen LogP contribution < -0.4 is 5.32 Å². The molecule has 0 unspecified atom stereocenters. The highest BCUT2D eigenvalue weighted by Crippen LogP contribution is 2.22. The van der Waals surface area contributed by atoms with Gasteiger partial charge in [-0.1, -0.05) is 13.0 Å². The molecular weight excluding hydrogens is 355 g/mol. The van der Waals surface area contributed by atoms with Crippen LogP contribution in [0.1, 0.15) is 35.0 Å². The molecule has 28 heavy (non-hydrogen) atoms. The number of halogens is 1. The van der Waals surface area contributed by atoms with E-state index in [4.69, 9.17) is 0 Å². The van der Waals surface area contributed by atoms with Gasteiger partial charge >= 0.3 is 0 Å². The van der Waals surface area contributed by atoms with Gasteiger partial charge in [0.05, 0.1) is 0 Å². The summed E-state index contributed by atoms with van der Waals surface area (Å²) in [5.41, 5.74) is 4.35. The van der Waals surface area contributed by atoms with Crippen LogP contribution in [0.5, 0.6) is 0 Å². The molecule has 0 atom stereocenters. The van der Waals surface area contributed by atoms with Gasteiger partial charge in [0.15, 0.2) is 0 Å². The summed E-state index contributed by atoms with van der Waals surface area (Å²) in [6.07, 6.45) is 8.49. The van der Waals surface area contributed by atoms with E-state index < -0.39 is 5.95 Å². The third kappa shape index (κ3) is 3.83. The van der Waals surface area contributed by atoms with Crippen molar-refractivity contribution in [1.29, 1.82) is 0 Å². The molecule has 0 spiro atoms. The van der Waals surface area contributed by atoms with Gasteiger partial charge in [-0.25, -0.2) is 19.9 Å². The maximum Gasteiger partial charge on any atom is 0.218 e. The number of rotatable bonds is 6. The highest BCUT2D eigenvalue weighted by atomic mass is 19.1. The summed E-state index contributed by atoms with van der Waals surface area (Å²) >= 11 is 0. The average molecular weight is 376 g/mol. The molecule has 4 rings (SSSR count). The van der Waals surface area contributed by atoms with Crippen LogP contribution in [0.2, 0.25) is 0 Å². The molecule has 6 nitrogen and oxygen atoms in total. The Kier molecular flexibility index (Phi) is 4.97. The summed E-state index contributed by atoms with van der Waals surface area (Å²) in [5, 5.41) is 4.13. The standard InChI is InChI=1S/C21H21FN6/c1-3-18-23-9-14(10-24-18)11-25-19-5-4-15(20(22)28-19)7-16-12-27-21-17(16)6-13(2)8-26-21/h4-6,8-10,12H,3,7,11H2,1-2H3,(H,25,28)(H,26,27). The lowest BCUT2D eigenvalue weighted by atomic mass is 10.1. The van der Waals surface area contributed by atoms with Gasteiger partial charge in [0, 0.05) is 60.7 Å². The monoisotopic (exact) mass is 376 g/mol. The number of aromatic amines is 1. The van der Waals surface area contributed by atoms with Crippen LogP contribution in [0.3, 0.4) is 0 Å². The summed E-state index contributed by atoms with van der Waals surface area (Å²) in [5.74, 6) is 0.815. The number of hydrogen-bond acceptors (Lipinski definition) is 5. The van der Waals surface area contributed by atoms with E-state index in [9.17, 15) is 4.39 Å². The summed E-state index contributed by atoms with van der Waals surface area (Å²) in [6.45, 7) is 4.49. The smallest absolute Gasteiger partial charge is 0.218 e. The average Bonchev–Trinajstić information content (AvgIpc) is 3.10. The van der Waals surface area contributed by atoms with Crippen LogP contribution in [-0.2, 0) is 19.4 Å². The summed E-state index contributed by atoms with van der Waals surface area (Å²) in [7, 11) is 0. The predicted molar refractivity (Wildman–Crippen MR) is 107 cm³/mol. The van der Waals surface area contributed by atoms with Crippen LogP contribution in [0.4, 0.5) is 10.2 Å². The first-order valence-corrected chi connectivity index (χ1v) is 9.24. The maximum absolute atomic E-state index is 14.5. The molecule has 0 radical (unpaired) electrons. The van der Waals surface area contributed by atoms with Crippen molar-refractivity contribution in [3.05, 3.63) is 77.0 Å². The number of aryl methyl sites for hydroxylation is 2. The first-order valence-electron chi connectivity index (χ1n) is 9.24. The van der Waals surface area contributed by atoms with Crippen LogP contribution >= 0.6 is 0 Å². The zero-order valence-electron chi connectivity index (χ0n) is 15.8. The number of nitrogens with one attached hydrogen (secondary N) is 2. The quantitative estimate of drug-likeness (QED) is 0.498. The molecular formula is C21H21FN6. The van der Waals surface area contributed by atoms with E-state index in [2.05, 4.69) is 36.3 Å². The zero-order chi connectivity index (χ0) is 19.5. The van der Waals surface area contributed by atoms with Gasteiger partial charge in [-0.3, -0.25) is 0 Å². The highest BCUT2D eigenvalue weighted by molar-refractivity contribution is 5.80. The largest absolute Gasteiger partial charge is 0.366 e. The third-order valence-corrected chi connectivity index (χ3v) is 4.61. The number of fused-ring (bicyclic) bond motifs is 1. The zero-order valence-corrected chi connectivity index (χ0v) is 15.8. The fourth-order valence-electron chi connectivity index (χ4n) is 3.06. The van der Waals surface area contributed by atoms with Crippen molar-refractivity contribution >= 4 is 16.9 Å². The Balaban J connectivity index is 1.47. The highest BCUT2D eigenvalue weighted by Gasteiger charge is 2.11. The van der Waals surface area contributed by atoms with Crippen LogP contribution in [0, 0.1) is 12.9 Å². The molecule has 0 fully saturated rings. The van der Waals surface area contributed by atoms with Crippen molar-refractivity contribution in [2.24, 2.45) is 0 Å². The van der Waals surface area contributed by atoms with E-state index in [1.807, 2.05) is 26.2 Å². The van der Waals surface area contributed by atoms with Crippen LogP contribution in [0.15, 0.2) is 43.0 Å². The molecule has 0 aliphatic heterocycles. The normalized spacial score (nSPS) is 11.1. The molecule has 0 saturated carbocycles. The van der Waals surface area contributed by atoms with Gasteiger partial charge < -0.3 is 10.3 Å². The van der Waals surface area contributed by atoms with Gasteiger partial charge in [0.2, 0.25) is 5.95 Å². The molecule has 0 bridgehead atoms. The molecule has 0 aromatic carbocycles. The number of nitrogens with zero attached hydrogens (tertiary/aromatic N) is 4. The minimum atomic E-state index is -0.474. The lowest BCUT2D eigenvalue weighted by Gasteiger charge is -2.08. The minimum Gasteiger partial charge on any atom is -0.366 e. The molecule has 4 aromatic rings. The second kappa shape index (κ2) is 7.72. The van der Waals surface area contributed by atoms with Crippen molar-refractivity contribution in [3.8, 4) is 0 Å². The van der Waals surface area contributed by atoms with E-state index in [1.54, 1.807) is 24.5 Å². The molecule has 142 valence electrons. The number of anilines is 1. The van der Waals surface area contributed by atoms with E-state index in [-0.39, 0.29) is 0 Å². The Morgan fingerprint density at radius 1 is 1.07 bits per heavy atom. The van der Waals surface area contributed by atoms with Crippen molar-refractivity contribution in [2.75, 3.05) is 5.32 Å². The minimum absolute atomic E-state index is 0.455. The Hall–Kier alpha value is -3.35. The number of pyridine rings is 2. The van der Waals surface area contributed by atoms with Crippen LogP contribution in [-0.4, -0.2) is 24.9 Å². The Bertz CT molecular complexity index is 1100. The maximum atomic E-state index is 14.5. The summed E-state index contributed by atoms with van der Waals surface area (Å²) in [4.78, 5) is 20.1. The van der Waals surface area contributed by atoms with E-state index in [0.29, 0.717) is 24.3 Å². The van der Waals surface area contributed by atoms with Crippen molar-refractivity contribution < 1.29 is 4.39 Å². The lowest BCUT2D eigenvalue weighted by Crippen LogP contribution is -2.05. The molecule has 4 aromatic heterocycles. The van der Waals surface area contributed by atoms with Gasteiger partial charge in [-0.15, -0.1) is 0 Å². The fraction of sp³-hybridized carbons (Fsp3) is 0.238. The Labute approximate surface area is 162 Å². The molecule has 0 saturated heterocycles. The lowest BCUT2D eigenvalue weighted by molar-refractivity contribution is 0.571. The van der Waals surface area contributed by atoms with Gasteiger partial charge in [-0.05, 0) is 30.2 Å². The third-order valence-electron chi connectivity index (χ3n) is 4.61. The van der Waals surface area contributed by atoms with Crippen molar-refractivity contribution in [3.63, 3.8) is 0 Å². The molecule has 4 heterocycles. The van der Waals surface area contributed by atoms with Crippen LogP contribution in [0.25, 0.3) is 11.0 Å². The van der Waals surface area contributed by atoms with Gasteiger partial charge in [0.1, 0.15) is 17.3 Å². The first-order chi connectivity index (χ1) is 13.6. The van der Waals surface area contributed by atoms with E-state index in [0.717, 1.165) is 40.0 Å². The van der Waals surface area contributed by atoms with Crippen molar-refractivity contribution in [1.82, 2.24) is 24.9 Å². The van der Waals surface area contributed by atoms with E-state index >= 15 is 0 Å². The number of H-pyrrole nitrogens is 1. The molecule has 0 aliphatic rings. The summed E-state index contributed by atoms with van der Waals surface area (Å²) in [6, 6.07) is 5.61. The predicted octanol–water partition coefficient (Wildman–Crippen LogP) is 3.96. The number of aromatic nitrogens is 5. The molecule has 0 amide bonds. The second-order valence-corrected chi connectivity index (χ2v) is 6.76. The second-order valence-electron chi connectivity index (χ2n) is 6.76. The van der Waals surface area contributed by atoms with E-state index in [1.165, 1.54) is 0 Å². The topological polar surface area (TPSA) is 79.4 Å². The fourth-order valence-corrected chi connectivity index (χ4v) is 3.06. The Morgan fingerprint density at radius 3 is 2.64 bits per heavy atom. The molecule has 7 heteroatoms. The molecule has 0 aliphatic carbocycles. The first kappa shape index (κ1) is 18.0. The van der Waals surface area contributed by atoms with Gasteiger partial charge in [0.25, 0.3) is 0 Å². The SMILES string of the molecule is CCc1ncc(CNc2ccc(Cc3c[nH]c4ncc(C)cc34)c(F)n2)cn1. The Morgan fingerprint density at radius 2 is 1.89 bits per heavy atom. The number of hydrogen-bond donors (Lipinski definition) is 2. The summed E-state index contributed by atoms with van der Waals surface area (Å²) < 4.78 is 14.5. The van der Waals surface area contributed by atoms with Crippen molar-refractivity contribution in [2.45, 2.75) is 33.2 Å². The van der Waals surface area contributed by atoms with Gasteiger partial charge in [-0.2, -0.15) is 4.39 Å². The molecule has 2 N–H and O–H groups in total.